The van der Waals surface area contributed by atoms with Crippen LogP contribution in [0.1, 0.15) is 54.4 Å². The van der Waals surface area contributed by atoms with Gasteiger partial charge < -0.3 is 15.2 Å². The fourth-order valence-electron chi connectivity index (χ4n) is 3.24. The summed E-state index contributed by atoms with van der Waals surface area (Å²) in [5, 5.41) is 12.3. The molecule has 2 amide bonds. The van der Waals surface area contributed by atoms with E-state index in [1.54, 1.807) is 4.90 Å². The maximum atomic E-state index is 13.0. The van der Waals surface area contributed by atoms with Crippen molar-refractivity contribution in [2.24, 2.45) is 5.41 Å². The van der Waals surface area contributed by atoms with Gasteiger partial charge in [0.25, 0.3) is 0 Å². The molecule has 0 spiro atoms. The van der Waals surface area contributed by atoms with Crippen LogP contribution in [0.25, 0.3) is 0 Å². The van der Waals surface area contributed by atoms with Gasteiger partial charge in [-0.15, -0.1) is 0 Å². The molecule has 3 atom stereocenters. The molecule has 2 N–H and O–H groups in total. The highest BCUT2D eigenvalue weighted by Gasteiger charge is 2.46. The zero-order valence-electron chi connectivity index (χ0n) is 16.6. The van der Waals surface area contributed by atoms with Gasteiger partial charge >= 0.3 is 6.09 Å². The Labute approximate surface area is 156 Å². The van der Waals surface area contributed by atoms with E-state index in [2.05, 4.69) is 5.32 Å². The number of carbonyl (C=O) groups is 2. The second-order valence-electron chi connectivity index (χ2n) is 8.42. The minimum absolute atomic E-state index is 0.00749. The number of rotatable bonds is 5. The Kier molecular flexibility index (Phi) is 7.62. The van der Waals surface area contributed by atoms with E-state index in [4.69, 9.17) is 4.74 Å². The normalized spacial score (nSPS) is 22.9. The van der Waals surface area contributed by atoms with Crippen molar-refractivity contribution < 1.29 is 19.4 Å². The van der Waals surface area contributed by atoms with Crippen LogP contribution in [-0.4, -0.2) is 64.3 Å². The molecule has 0 aromatic heterocycles. The van der Waals surface area contributed by atoms with Crippen LogP contribution in [0.15, 0.2) is 0 Å². The van der Waals surface area contributed by atoms with Gasteiger partial charge in [0.1, 0.15) is 11.6 Å². The number of nitrogens with zero attached hydrogens (tertiary/aromatic N) is 1. The number of nitrogens with one attached hydrogen (secondary N) is 1. The van der Waals surface area contributed by atoms with Crippen molar-refractivity contribution in [1.29, 1.82) is 0 Å². The van der Waals surface area contributed by atoms with Gasteiger partial charge in [-0.25, -0.2) is 4.79 Å². The number of hydrogen-bond acceptors (Lipinski definition) is 5. The molecule has 6 nitrogen and oxygen atoms in total. The summed E-state index contributed by atoms with van der Waals surface area (Å²) in [6, 6.07) is -0.773. The van der Waals surface area contributed by atoms with E-state index >= 15 is 0 Å². The molecule has 0 saturated carbocycles. The van der Waals surface area contributed by atoms with Gasteiger partial charge in [-0.05, 0) is 52.2 Å². The monoisotopic (exact) mass is 374 g/mol. The van der Waals surface area contributed by atoms with E-state index in [-0.39, 0.29) is 29.2 Å². The lowest BCUT2D eigenvalue weighted by molar-refractivity contribution is -0.133. The minimum atomic E-state index is -0.603. The van der Waals surface area contributed by atoms with Crippen LogP contribution in [0.2, 0.25) is 0 Å². The fourth-order valence-corrected chi connectivity index (χ4v) is 3.86. The Morgan fingerprint density at radius 1 is 1.40 bits per heavy atom. The van der Waals surface area contributed by atoms with Gasteiger partial charge in [-0.1, -0.05) is 13.8 Å². The molecule has 0 aromatic carbocycles. The van der Waals surface area contributed by atoms with Crippen LogP contribution in [0, 0.1) is 5.41 Å². The molecule has 1 fully saturated rings. The molecule has 0 aromatic rings. The molecule has 0 aliphatic carbocycles. The number of likely N-dealkylation sites (tertiary alicyclic amines) is 1. The standard InChI is InChI=1S/C18H34N2O4S/c1-12(13(11-21)25-7)19-15(22)14-18(5,6)9-8-10-20(14)16(23)24-17(2,3)4/h12-14,21H,8-11H2,1-7H3,(H,19,22). The van der Waals surface area contributed by atoms with Gasteiger partial charge in [0.05, 0.1) is 6.61 Å². The number of hydrogen-bond donors (Lipinski definition) is 2. The minimum Gasteiger partial charge on any atom is -0.444 e. The van der Waals surface area contributed by atoms with E-state index in [1.165, 1.54) is 11.8 Å². The molecule has 1 aliphatic heterocycles. The number of thioether (sulfide) groups is 1. The van der Waals surface area contributed by atoms with Gasteiger partial charge in [0.15, 0.2) is 0 Å². The Balaban J connectivity index is 2.98. The lowest BCUT2D eigenvalue weighted by atomic mass is 9.76. The average molecular weight is 375 g/mol. The Morgan fingerprint density at radius 3 is 2.48 bits per heavy atom. The highest BCUT2D eigenvalue weighted by molar-refractivity contribution is 7.99. The predicted molar refractivity (Wildman–Crippen MR) is 102 cm³/mol. The number of aliphatic hydroxyl groups is 1. The molecule has 146 valence electrons. The van der Waals surface area contributed by atoms with Gasteiger partial charge in [-0.3, -0.25) is 9.69 Å². The lowest BCUT2D eigenvalue weighted by Gasteiger charge is -2.45. The second-order valence-corrected chi connectivity index (χ2v) is 9.50. The Hall–Kier alpha value is -0.950. The summed E-state index contributed by atoms with van der Waals surface area (Å²) in [4.78, 5) is 27.2. The third kappa shape index (κ3) is 6.06. The third-order valence-electron chi connectivity index (χ3n) is 4.56. The summed E-state index contributed by atoms with van der Waals surface area (Å²) < 4.78 is 5.51. The van der Waals surface area contributed by atoms with Gasteiger partial charge in [0.2, 0.25) is 5.91 Å². The first-order valence-corrected chi connectivity index (χ1v) is 10.2. The molecule has 7 heteroatoms. The summed E-state index contributed by atoms with van der Waals surface area (Å²) in [6.45, 7) is 11.9. The van der Waals surface area contributed by atoms with Crippen molar-refractivity contribution in [2.75, 3.05) is 19.4 Å². The summed E-state index contributed by atoms with van der Waals surface area (Å²) in [5.41, 5.74) is -0.944. The van der Waals surface area contributed by atoms with Crippen molar-refractivity contribution in [3.63, 3.8) is 0 Å². The van der Waals surface area contributed by atoms with E-state index in [1.807, 2.05) is 47.8 Å². The molecule has 1 heterocycles. The number of aliphatic hydroxyl groups excluding tert-OH is 1. The molecule has 1 aliphatic rings. The second kappa shape index (κ2) is 8.62. The first-order valence-electron chi connectivity index (χ1n) is 8.86. The molecule has 0 radical (unpaired) electrons. The third-order valence-corrected chi connectivity index (χ3v) is 5.72. The van der Waals surface area contributed by atoms with Crippen LogP contribution in [0.3, 0.4) is 0 Å². The highest BCUT2D eigenvalue weighted by atomic mass is 32.2. The molecule has 0 bridgehead atoms. The largest absolute Gasteiger partial charge is 0.444 e. The summed E-state index contributed by atoms with van der Waals surface area (Å²) in [6.07, 6.45) is 3.17. The van der Waals surface area contributed by atoms with Crippen LogP contribution >= 0.6 is 11.8 Å². The Morgan fingerprint density at radius 2 is 2.00 bits per heavy atom. The first-order chi connectivity index (χ1) is 11.4. The molecule has 1 rings (SSSR count). The van der Waals surface area contributed by atoms with Crippen LogP contribution in [0.4, 0.5) is 4.79 Å². The fraction of sp³-hybridized carbons (Fsp3) is 0.889. The maximum absolute atomic E-state index is 13.0. The van der Waals surface area contributed by atoms with E-state index < -0.39 is 17.7 Å². The van der Waals surface area contributed by atoms with Crippen molar-refractivity contribution in [1.82, 2.24) is 10.2 Å². The molecule has 1 saturated heterocycles. The number of piperidine rings is 1. The molecule has 3 unspecified atom stereocenters. The molecule has 25 heavy (non-hydrogen) atoms. The topological polar surface area (TPSA) is 78.9 Å². The maximum Gasteiger partial charge on any atom is 0.410 e. The van der Waals surface area contributed by atoms with Crippen LogP contribution in [-0.2, 0) is 9.53 Å². The SMILES string of the molecule is CSC(CO)C(C)NC(=O)C1N(C(=O)OC(C)(C)C)CCCC1(C)C. The first kappa shape index (κ1) is 22.1. The smallest absolute Gasteiger partial charge is 0.410 e. The molecular weight excluding hydrogens is 340 g/mol. The predicted octanol–water partition coefficient (Wildman–Crippen LogP) is 2.64. The van der Waals surface area contributed by atoms with E-state index in [0.717, 1.165) is 12.8 Å². The van der Waals surface area contributed by atoms with Gasteiger partial charge in [0, 0.05) is 17.8 Å². The average Bonchev–Trinajstić information content (AvgIpc) is 2.45. The van der Waals surface area contributed by atoms with Crippen LogP contribution in [0.5, 0.6) is 0 Å². The van der Waals surface area contributed by atoms with Crippen molar-refractivity contribution in [2.45, 2.75) is 77.3 Å². The Bertz CT molecular complexity index is 472. The van der Waals surface area contributed by atoms with E-state index in [0.29, 0.717) is 6.54 Å². The van der Waals surface area contributed by atoms with Gasteiger partial charge in [-0.2, -0.15) is 11.8 Å². The number of carbonyl (C=O) groups excluding carboxylic acids is 2. The lowest BCUT2D eigenvalue weighted by Crippen LogP contribution is -2.61. The number of ether oxygens (including phenoxy) is 1. The van der Waals surface area contributed by atoms with Crippen molar-refractivity contribution in [3.8, 4) is 0 Å². The van der Waals surface area contributed by atoms with Crippen molar-refractivity contribution in [3.05, 3.63) is 0 Å². The number of amides is 2. The zero-order chi connectivity index (χ0) is 19.4. The zero-order valence-corrected chi connectivity index (χ0v) is 17.4. The summed E-state index contributed by atoms with van der Waals surface area (Å²) in [5.74, 6) is -0.185. The quantitative estimate of drug-likeness (QED) is 0.773. The highest BCUT2D eigenvalue weighted by Crippen LogP contribution is 2.36. The molecular formula is C18H34N2O4S. The van der Waals surface area contributed by atoms with Crippen molar-refractivity contribution >= 4 is 23.8 Å². The van der Waals surface area contributed by atoms with Crippen LogP contribution < -0.4 is 5.32 Å². The van der Waals surface area contributed by atoms with E-state index in [9.17, 15) is 14.7 Å². The summed E-state index contributed by atoms with van der Waals surface area (Å²) >= 11 is 1.51. The summed E-state index contributed by atoms with van der Waals surface area (Å²) in [7, 11) is 0.